The first-order valence-electron chi connectivity index (χ1n) is 13.2. The van der Waals surface area contributed by atoms with E-state index in [2.05, 4.69) is 20.9 Å². The van der Waals surface area contributed by atoms with Gasteiger partial charge in [-0.2, -0.15) is 0 Å². The van der Waals surface area contributed by atoms with E-state index in [0.29, 0.717) is 23.3 Å². The Morgan fingerprint density at radius 3 is 2.50 bits per heavy atom. The van der Waals surface area contributed by atoms with Crippen molar-refractivity contribution in [1.82, 2.24) is 20.6 Å². The number of anilines is 1. The number of ether oxygens (including phenoxy) is 2. The lowest BCUT2D eigenvalue weighted by Crippen LogP contribution is -2.45. The number of alkyl carbamates (subject to hydrolysis) is 1. The van der Waals surface area contributed by atoms with Crippen molar-refractivity contribution in [3.63, 3.8) is 0 Å². The van der Waals surface area contributed by atoms with Crippen LogP contribution >= 0.6 is 0 Å². The molecular formula is C29H35N5O4. The average molecular weight is 518 g/mol. The Morgan fingerprint density at radius 1 is 0.974 bits per heavy atom. The van der Waals surface area contributed by atoms with Crippen LogP contribution in [0.3, 0.4) is 0 Å². The first-order chi connectivity index (χ1) is 18.2. The molecule has 0 aliphatic heterocycles. The normalized spacial score (nSPS) is 19.2. The van der Waals surface area contributed by atoms with Crippen LogP contribution in [-0.4, -0.2) is 52.8 Å². The van der Waals surface area contributed by atoms with Crippen molar-refractivity contribution >= 4 is 28.9 Å². The minimum atomic E-state index is -0.541. The molecule has 9 nitrogen and oxygen atoms in total. The minimum Gasteiger partial charge on any atom is -0.496 e. The molecule has 2 aliphatic rings. The number of amides is 2. The zero-order valence-corrected chi connectivity index (χ0v) is 22.3. The van der Waals surface area contributed by atoms with Gasteiger partial charge in [0.05, 0.1) is 18.7 Å². The van der Waals surface area contributed by atoms with Crippen molar-refractivity contribution in [3.8, 4) is 16.9 Å². The maximum atomic E-state index is 12.6. The Labute approximate surface area is 222 Å². The number of hydrogen-bond acceptors (Lipinski definition) is 7. The van der Waals surface area contributed by atoms with Gasteiger partial charge in [-0.1, -0.05) is 6.07 Å². The van der Waals surface area contributed by atoms with Crippen molar-refractivity contribution in [2.75, 3.05) is 12.4 Å². The highest BCUT2D eigenvalue weighted by atomic mass is 16.6. The minimum absolute atomic E-state index is 0.0213. The molecule has 5 rings (SSSR count). The maximum absolute atomic E-state index is 12.6. The Hall–Kier alpha value is -3.88. The molecule has 1 heterocycles. The molecule has 2 fully saturated rings. The molecule has 2 aromatic carbocycles. The molecule has 3 aromatic rings. The summed E-state index contributed by atoms with van der Waals surface area (Å²) in [7, 11) is 1.62. The molecule has 0 bridgehead atoms. The van der Waals surface area contributed by atoms with Gasteiger partial charge in [0, 0.05) is 34.8 Å². The first-order valence-corrected chi connectivity index (χ1v) is 13.2. The van der Waals surface area contributed by atoms with Crippen molar-refractivity contribution in [2.24, 2.45) is 0 Å². The van der Waals surface area contributed by atoms with Crippen LogP contribution in [0.5, 0.6) is 5.75 Å². The molecule has 2 unspecified atom stereocenters. The van der Waals surface area contributed by atoms with Crippen LogP contribution in [0.15, 0.2) is 42.6 Å². The van der Waals surface area contributed by atoms with Crippen molar-refractivity contribution in [2.45, 2.75) is 76.6 Å². The fraction of sp³-hybridized carbons (Fsp3) is 0.448. The van der Waals surface area contributed by atoms with Gasteiger partial charge < -0.3 is 25.4 Å². The van der Waals surface area contributed by atoms with Gasteiger partial charge in [-0.25, -0.2) is 14.8 Å². The maximum Gasteiger partial charge on any atom is 0.407 e. The van der Waals surface area contributed by atoms with E-state index in [9.17, 15) is 9.59 Å². The van der Waals surface area contributed by atoms with Gasteiger partial charge in [-0.3, -0.25) is 4.79 Å². The lowest BCUT2D eigenvalue weighted by Gasteiger charge is -2.25. The monoisotopic (exact) mass is 517 g/mol. The van der Waals surface area contributed by atoms with Crippen LogP contribution < -0.4 is 20.7 Å². The predicted molar refractivity (Wildman–Crippen MR) is 146 cm³/mol. The van der Waals surface area contributed by atoms with Crippen LogP contribution in [0.25, 0.3) is 22.0 Å². The number of methoxy groups -OCH3 is 1. The second kappa shape index (κ2) is 10.5. The van der Waals surface area contributed by atoms with Gasteiger partial charge in [0.2, 0.25) is 5.95 Å². The van der Waals surface area contributed by atoms with Crippen LogP contribution in [-0.2, 0) is 4.74 Å². The number of carbonyl (C=O) groups excluding carboxylic acids is 2. The second-order valence-corrected chi connectivity index (χ2v) is 11.1. The number of benzene rings is 2. The van der Waals surface area contributed by atoms with Crippen LogP contribution in [0, 0.1) is 0 Å². The van der Waals surface area contributed by atoms with Gasteiger partial charge in [-0.05, 0) is 88.8 Å². The summed E-state index contributed by atoms with van der Waals surface area (Å²) in [5.74, 6) is 1.14. The highest BCUT2D eigenvalue weighted by molar-refractivity contribution is 5.97. The van der Waals surface area contributed by atoms with Crippen molar-refractivity contribution < 1.29 is 19.1 Å². The third-order valence-corrected chi connectivity index (χ3v) is 6.80. The van der Waals surface area contributed by atoms with E-state index in [1.54, 1.807) is 19.4 Å². The van der Waals surface area contributed by atoms with Gasteiger partial charge in [0.1, 0.15) is 11.4 Å². The van der Waals surface area contributed by atoms with E-state index in [-0.39, 0.29) is 18.0 Å². The Morgan fingerprint density at radius 2 is 1.76 bits per heavy atom. The van der Waals surface area contributed by atoms with E-state index in [0.717, 1.165) is 54.1 Å². The topological polar surface area (TPSA) is 114 Å². The molecular weight excluding hydrogens is 482 g/mol. The second-order valence-electron chi connectivity index (χ2n) is 11.1. The molecule has 2 atom stereocenters. The number of nitrogens with zero attached hydrogens (tertiary/aromatic N) is 2. The summed E-state index contributed by atoms with van der Waals surface area (Å²) in [6.45, 7) is 5.55. The molecule has 0 radical (unpaired) electrons. The summed E-state index contributed by atoms with van der Waals surface area (Å²) in [4.78, 5) is 34.1. The summed E-state index contributed by atoms with van der Waals surface area (Å²) in [5, 5.41) is 10.3. The molecule has 0 spiro atoms. The lowest BCUT2D eigenvalue weighted by molar-refractivity contribution is 0.0502. The Bertz CT molecular complexity index is 1350. The number of carbonyl (C=O) groups is 2. The smallest absolute Gasteiger partial charge is 0.407 e. The fourth-order valence-electron chi connectivity index (χ4n) is 4.77. The molecule has 2 saturated carbocycles. The van der Waals surface area contributed by atoms with Crippen molar-refractivity contribution in [3.05, 3.63) is 48.2 Å². The summed E-state index contributed by atoms with van der Waals surface area (Å²) in [5.41, 5.74) is 2.61. The summed E-state index contributed by atoms with van der Waals surface area (Å²) in [6, 6.07) is 11.7. The summed E-state index contributed by atoms with van der Waals surface area (Å²) in [6.07, 6.45) is 6.23. The van der Waals surface area contributed by atoms with Gasteiger partial charge in [-0.15, -0.1) is 0 Å². The highest BCUT2D eigenvalue weighted by Crippen LogP contribution is 2.33. The molecule has 9 heteroatoms. The van der Waals surface area contributed by atoms with E-state index < -0.39 is 11.7 Å². The third kappa shape index (κ3) is 6.15. The Balaban J connectivity index is 1.32. The highest BCUT2D eigenvalue weighted by Gasteiger charge is 2.31. The van der Waals surface area contributed by atoms with Crippen LogP contribution in [0.4, 0.5) is 10.7 Å². The van der Waals surface area contributed by atoms with Gasteiger partial charge in [0.25, 0.3) is 5.91 Å². The standard InChI is InChI=1S/C29H35N5O4/c1-29(2,3)38-28(36)34-24-7-5-6-23(24)33-27-30-16-19-14-17(8-12-22(19)32-27)21-15-18(9-13-25(21)37-4)26(35)31-20-10-11-20/h8-9,12-16,20,23-24H,5-7,10-11H2,1-4H3,(H,31,35)(H,34,36)(H,30,32,33). The van der Waals surface area contributed by atoms with Crippen LogP contribution in [0.1, 0.15) is 63.2 Å². The van der Waals surface area contributed by atoms with Crippen LogP contribution in [0.2, 0.25) is 0 Å². The molecule has 38 heavy (non-hydrogen) atoms. The first kappa shape index (κ1) is 25.8. The van der Waals surface area contributed by atoms with Crippen molar-refractivity contribution in [1.29, 1.82) is 0 Å². The number of fused-ring (bicyclic) bond motifs is 1. The fourth-order valence-corrected chi connectivity index (χ4v) is 4.77. The van der Waals surface area contributed by atoms with E-state index in [1.165, 1.54) is 0 Å². The van der Waals surface area contributed by atoms with E-state index in [4.69, 9.17) is 14.5 Å². The average Bonchev–Trinajstić information content (AvgIpc) is 3.59. The summed E-state index contributed by atoms with van der Waals surface area (Å²) >= 11 is 0. The largest absolute Gasteiger partial charge is 0.496 e. The number of nitrogens with one attached hydrogen (secondary N) is 3. The van der Waals surface area contributed by atoms with E-state index in [1.807, 2.05) is 51.1 Å². The lowest BCUT2D eigenvalue weighted by atomic mass is 10.00. The SMILES string of the molecule is COc1ccc(C(=O)NC2CC2)cc1-c1ccc2nc(NC3CCCC3NC(=O)OC(C)(C)C)ncc2c1. The number of rotatable bonds is 7. The quantitative estimate of drug-likeness (QED) is 0.402. The number of aromatic nitrogens is 2. The zero-order valence-electron chi connectivity index (χ0n) is 22.3. The molecule has 2 amide bonds. The number of hydrogen-bond donors (Lipinski definition) is 3. The van der Waals surface area contributed by atoms with Gasteiger partial charge in [0.15, 0.2) is 0 Å². The third-order valence-electron chi connectivity index (χ3n) is 6.80. The Kier molecular flexibility index (Phi) is 7.10. The summed E-state index contributed by atoms with van der Waals surface area (Å²) < 4.78 is 11.0. The predicted octanol–water partition coefficient (Wildman–Crippen LogP) is 5.06. The van der Waals surface area contributed by atoms with E-state index >= 15 is 0 Å². The molecule has 0 saturated heterocycles. The molecule has 3 N–H and O–H groups in total. The molecule has 1 aromatic heterocycles. The molecule has 200 valence electrons. The zero-order chi connectivity index (χ0) is 26.9. The molecule has 2 aliphatic carbocycles. The van der Waals surface area contributed by atoms with Gasteiger partial charge >= 0.3 is 6.09 Å².